The Morgan fingerprint density at radius 1 is 0.347 bits per heavy atom. The van der Waals surface area contributed by atoms with Crippen LogP contribution < -0.4 is 4.90 Å². The van der Waals surface area contributed by atoms with E-state index in [1.165, 1.54) is 115 Å². The molecule has 0 aliphatic carbocycles. The fourth-order valence-corrected chi connectivity index (χ4v) is 12.6. The molecule has 0 radical (unpaired) electrons. The van der Waals surface area contributed by atoms with E-state index < -0.39 is 0 Å². The van der Waals surface area contributed by atoms with Gasteiger partial charge in [0.1, 0.15) is 0 Å². The lowest BCUT2D eigenvalue weighted by Crippen LogP contribution is -2.10. The number of benzene rings is 11. The van der Waals surface area contributed by atoms with Gasteiger partial charge in [-0.15, -0.1) is 0 Å². The SMILES string of the molecule is c1ccc(CCC(c2ccccc2)c2ccc3c4cc5c(cc4n4c6cccc(-c7ccccc7)c6c2c34)c2ccc(N(c3ccccc3)c3ccccc3)c3c4c(-c6ccccc6)cccc4n5c23)cc1. The van der Waals surface area contributed by atoms with Crippen LogP contribution in [0, 0.1) is 0 Å². The molecule has 3 nitrogen and oxygen atoms in total. The molecule has 4 aromatic heterocycles. The summed E-state index contributed by atoms with van der Waals surface area (Å²) in [6.45, 7) is 0. The minimum atomic E-state index is 0.183. The molecule has 72 heavy (non-hydrogen) atoms. The molecule has 0 N–H and O–H groups in total. The third-order valence-electron chi connectivity index (χ3n) is 15.6. The lowest BCUT2D eigenvalue weighted by molar-refractivity contribution is 0.720. The summed E-state index contributed by atoms with van der Waals surface area (Å²) in [4.78, 5) is 2.44. The van der Waals surface area contributed by atoms with E-state index in [2.05, 4.69) is 268 Å². The molecule has 1 unspecified atom stereocenters. The lowest BCUT2D eigenvalue weighted by Gasteiger charge is -2.26. The van der Waals surface area contributed by atoms with Crippen LogP contribution in [0.25, 0.3) is 98.4 Å². The highest BCUT2D eigenvalue weighted by atomic mass is 15.1. The van der Waals surface area contributed by atoms with Crippen molar-refractivity contribution in [3.8, 4) is 22.3 Å². The van der Waals surface area contributed by atoms with Crippen molar-refractivity contribution in [1.82, 2.24) is 8.80 Å². The maximum atomic E-state index is 2.61. The second kappa shape index (κ2) is 16.2. The predicted octanol–water partition coefficient (Wildman–Crippen LogP) is 18.6. The van der Waals surface area contributed by atoms with Gasteiger partial charge in [0.15, 0.2) is 0 Å². The molecule has 338 valence electrons. The van der Waals surface area contributed by atoms with Crippen LogP contribution in [0.15, 0.2) is 255 Å². The molecular weight excluding hydrogens is 871 g/mol. The number of hydrogen-bond acceptors (Lipinski definition) is 1. The number of aromatic nitrogens is 2. The van der Waals surface area contributed by atoms with Crippen molar-refractivity contribution in [2.24, 2.45) is 0 Å². The number of nitrogens with zero attached hydrogens (tertiary/aromatic N) is 3. The second-order valence-corrected chi connectivity index (χ2v) is 19.5. The fraction of sp³-hybridized carbons (Fsp3) is 0.0435. The zero-order valence-electron chi connectivity index (χ0n) is 39.6. The highest BCUT2D eigenvalue weighted by molar-refractivity contribution is 6.33. The molecule has 11 aromatic carbocycles. The average Bonchev–Trinajstić information content (AvgIpc) is 4.19. The van der Waals surface area contributed by atoms with Gasteiger partial charge in [0.05, 0.1) is 38.8 Å². The quantitative estimate of drug-likeness (QED) is 0.133. The summed E-state index contributed by atoms with van der Waals surface area (Å²) in [6.07, 6.45) is 1.98. The highest BCUT2D eigenvalue weighted by Gasteiger charge is 2.30. The van der Waals surface area contributed by atoms with Gasteiger partial charge in [0.2, 0.25) is 0 Å². The Kier molecular flexibility index (Phi) is 9.15. The van der Waals surface area contributed by atoms with Crippen LogP contribution in [0.5, 0.6) is 0 Å². The van der Waals surface area contributed by atoms with Crippen LogP contribution in [-0.2, 0) is 6.42 Å². The smallest absolute Gasteiger partial charge is 0.0641 e. The molecule has 0 aliphatic heterocycles. The van der Waals surface area contributed by atoms with Gasteiger partial charge in [-0.2, -0.15) is 0 Å². The Balaban J connectivity index is 1.06. The van der Waals surface area contributed by atoms with Crippen molar-refractivity contribution in [3.63, 3.8) is 0 Å². The molecule has 0 aliphatic rings. The summed E-state index contributed by atoms with van der Waals surface area (Å²) < 4.78 is 5.20. The zero-order chi connectivity index (χ0) is 47.3. The summed E-state index contributed by atoms with van der Waals surface area (Å²) in [5.74, 6) is 0.183. The Labute approximate surface area is 417 Å². The molecule has 0 fully saturated rings. The third kappa shape index (κ3) is 6.04. The van der Waals surface area contributed by atoms with Gasteiger partial charge in [-0.25, -0.2) is 0 Å². The predicted molar refractivity (Wildman–Crippen MR) is 304 cm³/mol. The molecule has 1 atom stereocenters. The molecule has 3 heteroatoms. The Morgan fingerprint density at radius 3 is 1.35 bits per heavy atom. The van der Waals surface area contributed by atoms with Gasteiger partial charge in [-0.05, 0) is 106 Å². The van der Waals surface area contributed by atoms with Crippen LogP contribution in [0.3, 0.4) is 0 Å². The second-order valence-electron chi connectivity index (χ2n) is 19.5. The number of fused-ring (bicyclic) bond motifs is 12. The van der Waals surface area contributed by atoms with Crippen molar-refractivity contribution in [1.29, 1.82) is 0 Å². The molecular formula is C69H47N3. The maximum absolute atomic E-state index is 2.61. The molecule has 0 saturated heterocycles. The van der Waals surface area contributed by atoms with Gasteiger partial charge in [0, 0.05) is 60.4 Å². The molecule has 15 aromatic rings. The van der Waals surface area contributed by atoms with Crippen LogP contribution in [-0.4, -0.2) is 8.80 Å². The van der Waals surface area contributed by atoms with E-state index in [4.69, 9.17) is 0 Å². The van der Waals surface area contributed by atoms with E-state index in [0.717, 1.165) is 29.9 Å². The van der Waals surface area contributed by atoms with Gasteiger partial charge in [-0.3, -0.25) is 0 Å². The van der Waals surface area contributed by atoms with Crippen molar-refractivity contribution < 1.29 is 0 Å². The third-order valence-corrected chi connectivity index (χ3v) is 15.6. The van der Waals surface area contributed by atoms with Crippen LogP contribution >= 0.6 is 0 Å². The fourth-order valence-electron chi connectivity index (χ4n) is 12.6. The number of hydrogen-bond donors (Lipinski definition) is 0. The van der Waals surface area contributed by atoms with Gasteiger partial charge >= 0.3 is 0 Å². The Morgan fingerprint density at radius 2 is 0.806 bits per heavy atom. The van der Waals surface area contributed by atoms with Crippen LogP contribution in [0.1, 0.15) is 29.0 Å². The minimum absolute atomic E-state index is 0.183. The first-order chi connectivity index (χ1) is 35.8. The van der Waals surface area contributed by atoms with E-state index in [1.54, 1.807) is 0 Å². The van der Waals surface area contributed by atoms with Gasteiger partial charge < -0.3 is 13.7 Å². The molecule has 0 saturated carbocycles. The summed E-state index contributed by atoms with van der Waals surface area (Å²) in [6, 6.07) is 94.4. The standard InChI is InChI=1S/C69H47N3/c1-7-21-45(22-8-1)37-38-51(46-23-9-2-10-24-46)54-39-40-55-57-43-63-58(44-62(57)71-59-35-19-33-52(47-25-11-3-12-26-47)64(59)66(54)68(55)71)56-41-42-61(70(49-29-15-5-16-30-49)50-31-17-6-18-32-50)67-65-53(48-27-13-4-14-28-48)34-20-36-60(65)72(63)69(56)67/h1-36,39-44,51H,37-38H2. The average molecular weight is 918 g/mol. The van der Waals surface area contributed by atoms with E-state index in [0.29, 0.717) is 0 Å². The van der Waals surface area contributed by atoms with Crippen LogP contribution in [0.2, 0.25) is 0 Å². The van der Waals surface area contributed by atoms with Crippen molar-refractivity contribution in [2.75, 3.05) is 4.90 Å². The first-order valence-electron chi connectivity index (χ1n) is 25.3. The first-order valence-corrected chi connectivity index (χ1v) is 25.3. The number of para-hydroxylation sites is 2. The lowest BCUT2D eigenvalue weighted by atomic mass is 9.83. The van der Waals surface area contributed by atoms with Gasteiger partial charge in [0.25, 0.3) is 0 Å². The molecule has 4 heterocycles. The zero-order valence-corrected chi connectivity index (χ0v) is 39.6. The molecule has 15 rings (SSSR count). The monoisotopic (exact) mass is 917 g/mol. The van der Waals surface area contributed by atoms with Gasteiger partial charge in [-0.1, -0.05) is 200 Å². The number of rotatable bonds is 10. The minimum Gasteiger partial charge on any atom is -0.310 e. The Hall–Kier alpha value is -9.18. The molecule has 0 spiro atoms. The van der Waals surface area contributed by atoms with Crippen molar-refractivity contribution in [2.45, 2.75) is 18.8 Å². The van der Waals surface area contributed by atoms with E-state index in [-0.39, 0.29) is 5.92 Å². The van der Waals surface area contributed by atoms with Crippen LogP contribution in [0.4, 0.5) is 17.1 Å². The highest BCUT2D eigenvalue weighted by Crippen LogP contribution is 2.52. The summed E-state index contributed by atoms with van der Waals surface area (Å²) in [7, 11) is 0. The Bertz CT molecular complexity index is 4430. The summed E-state index contributed by atoms with van der Waals surface area (Å²) in [5, 5.41) is 10.2. The maximum Gasteiger partial charge on any atom is 0.0641 e. The normalized spacial score (nSPS) is 12.5. The van der Waals surface area contributed by atoms with Crippen molar-refractivity contribution in [3.05, 3.63) is 271 Å². The molecule has 0 amide bonds. The number of anilines is 3. The topological polar surface area (TPSA) is 12.1 Å². The number of aryl methyl sites for hydroxylation is 1. The first kappa shape index (κ1) is 40.7. The van der Waals surface area contributed by atoms with Crippen molar-refractivity contribution >= 4 is 93.3 Å². The summed E-state index contributed by atoms with van der Waals surface area (Å²) >= 11 is 0. The van der Waals surface area contributed by atoms with E-state index in [1.807, 2.05) is 0 Å². The van der Waals surface area contributed by atoms with E-state index in [9.17, 15) is 0 Å². The summed E-state index contributed by atoms with van der Waals surface area (Å²) in [5.41, 5.74) is 19.9. The largest absolute Gasteiger partial charge is 0.310 e. The van der Waals surface area contributed by atoms with E-state index >= 15 is 0 Å². The molecule has 0 bridgehead atoms.